The Balaban J connectivity index is 0. The molecule has 0 atom stereocenters. The average Bonchev–Trinajstić information content (AvgIpc) is 2.44. The van der Waals surface area contributed by atoms with Gasteiger partial charge in [0.25, 0.3) is 5.70 Å². The third kappa shape index (κ3) is 14.6. The molecule has 0 aliphatic rings. The topological polar surface area (TPSA) is 67.2 Å². The molecule has 2 N–H and O–H groups in total. The molecule has 116 valence electrons. The lowest BCUT2D eigenvalue weighted by atomic mass is 10.2. The molecule has 5 nitrogen and oxygen atoms in total. The van der Waals surface area contributed by atoms with E-state index in [1.165, 1.54) is 12.2 Å². The van der Waals surface area contributed by atoms with Crippen LogP contribution in [0.1, 0.15) is 33.6 Å². The van der Waals surface area contributed by atoms with Crippen LogP contribution in [0.4, 0.5) is 0 Å². The zero-order valence-electron chi connectivity index (χ0n) is 13.2. The van der Waals surface area contributed by atoms with Crippen LogP contribution in [0.15, 0.2) is 36.1 Å². The highest BCUT2D eigenvalue weighted by Gasteiger charge is 2.02. The highest BCUT2D eigenvalue weighted by molar-refractivity contribution is 5.22. The van der Waals surface area contributed by atoms with Crippen LogP contribution >= 0.6 is 0 Å². The Kier molecular flexibility index (Phi) is 16.3. The van der Waals surface area contributed by atoms with Crippen molar-refractivity contribution in [3.05, 3.63) is 46.2 Å². The van der Waals surface area contributed by atoms with E-state index >= 15 is 0 Å². The van der Waals surface area contributed by atoms with Crippen molar-refractivity contribution in [1.82, 2.24) is 10.6 Å². The summed E-state index contributed by atoms with van der Waals surface area (Å²) in [5.41, 5.74) is 0.993. The van der Waals surface area contributed by atoms with Gasteiger partial charge in [-0.1, -0.05) is 32.1 Å². The molecule has 0 rings (SSSR count). The summed E-state index contributed by atoms with van der Waals surface area (Å²) >= 11 is 0. The van der Waals surface area contributed by atoms with Crippen LogP contribution < -0.4 is 10.6 Å². The van der Waals surface area contributed by atoms with Gasteiger partial charge in [0, 0.05) is 6.08 Å². The molecule has 0 spiro atoms. The molecule has 0 amide bonds. The van der Waals surface area contributed by atoms with Gasteiger partial charge in [0.2, 0.25) is 0 Å². The number of hydrogen-bond acceptors (Lipinski definition) is 4. The summed E-state index contributed by atoms with van der Waals surface area (Å²) in [5, 5.41) is 16.7. The van der Waals surface area contributed by atoms with Crippen molar-refractivity contribution in [1.29, 1.82) is 0 Å². The van der Waals surface area contributed by atoms with Crippen LogP contribution in [0.5, 0.6) is 0 Å². The minimum Gasteiger partial charge on any atom is -0.320 e. The highest BCUT2D eigenvalue weighted by Crippen LogP contribution is 2.03. The number of nitrogens with one attached hydrogen (secondary N) is 2. The van der Waals surface area contributed by atoms with Gasteiger partial charge < -0.3 is 10.6 Å². The van der Waals surface area contributed by atoms with Crippen LogP contribution in [0, 0.1) is 10.1 Å². The SMILES string of the molecule is C=C(/C=C\C(=C/C)[N+](=O)[O-])CCNCCC.CCNC. The molecule has 0 aromatic heterocycles. The Labute approximate surface area is 123 Å². The molecule has 0 aliphatic heterocycles. The van der Waals surface area contributed by atoms with E-state index in [1.807, 2.05) is 7.05 Å². The smallest absolute Gasteiger partial charge is 0.265 e. The minimum atomic E-state index is -0.404. The van der Waals surface area contributed by atoms with Gasteiger partial charge >= 0.3 is 0 Å². The fourth-order valence-corrected chi connectivity index (χ4v) is 1.10. The second kappa shape index (κ2) is 15.6. The van der Waals surface area contributed by atoms with E-state index in [2.05, 4.69) is 31.1 Å². The van der Waals surface area contributed by atoms with E-state index < -0.39 is 4.92 Å². The lowest BCUT2D eigenvalue weighted by Crippen LogP contribution is -2.15. The normalized spacial score (nSPS) is 11.1. The number of rotatable bonds is 9. The zero-order valence-corrected chi connectivity index (χ0v) is 13.2. The third-order valence-corrected chi connectivity index (χ3v) is 2.40. The van der Waals surface area contributed by atoms with Gasteiger partial charge in [-0.2, -0.15) is 0 Å². The Hall–Kier alpha value is -1.46. The molecule has 20 heavy (non-hydrogen) atoms. The zero-order chi connectivity index (χ0) is 15.8. The van der Waals surface area contributed by atoms with Gasteiger partial charge in [-0.25, -0.2) is 0 Å². The van der Waals surface area contributed by atoms with E-state index in [-0.39, 0.29) is 5.70 Å². The monoisotopic (exact) mass is 283 g/mol. The summed E-state index contributed by atoms with van der Waals surface area (Å²) in [7, 11) is 1.93. The quantitative estimate of drug-likeness (QED) is 0.295. The fraction of sp³-hybridized carbons (Fsp3) is 0.600. The molecule has 0 aliphatic carbocycles. The van der Waals surface area contributed by atoms with Gasteiger partial charge in [-0.15, -0.1) is 0 Å². The predicted octanol–water partition coefficient (Wildman–Crippen LogP) is 2.89. The largest absolute Gasteiger partial charge is 0.320 e. The van der Waals surface area contributed by atoms with Crippen molar-refractivity contribution in [2.24, 2.45) is 0 Å². The maximum atomic E-state index is 10.5. The van der Waals surface area contributed by atoms with Gasteiger partial charge in [0.05, 0.1) is 4.92 Å². The van der Waals surface area contributed by atoms with Gasteiger partial charge in [0.15, 0.2) is 0 Å². The van der Waals surface area contributed by atoms with Gasteiger partial charge in [-0.3, -0.25) is 10.1 Å². The first-order chi connectivity index (χ1) is 9.53. The average molecular weight is 283 g/mol. The molecule has 0 saturated heterocycles. The molecule has 0 saturated carbocycles. The summed E-state index contributed by atoms with van der Waals surface area (Å²) < 4.78 is 0. The Morgan fingerprint density at radius 2 is 1.90 bits per heavy atom. The maximum Gasteiger partial charge on any atom is 0.265 e. The molecule has 5 heteroatoms. The Morgan fingerprint density at radius 3 is 2.30 bits per heavy atom. The first-order valence-electron chi connectivity index (χ1n) is 7.05. The highest BCUT2D eigenvalue weighted by atomic mass is 16.6. The molecule has 0 unspecified atom stereocenters. The lowest BCUT2D eigenvalue weighted by Gasteiger charge is -2.01. The second-order valence-electron chi connectivity index (χ2n) is 4.17. The molecule has 0 heterocycles. The number of hydrogen-bond donors (Lipinski definition) is 2. The summed E-state index contributed by atoms with van der Waals surface area (Å²) in [5.74, 6) is 0. The van der Waals surface area contributed by atoms with E-state index in [0.717, 1.165) is 38.0 Å². The minimum absolute atomic E-state index is 0.0997. The van der Waals surface area contributed by atoms with Crippen molar-refractivity contribution < 1.29 is 4.92 Å². The van der Waals surface area contributed by atoms with E-state index in [0.29, 0.717) is 0 Å². The standard InChI is InChI=1S/C12H20N2O2.C3H9N/c1-4-9-13-10-8-11(3)6-7-12(5-2)14(15)16;1-3-4-2/h5-7,13H,3-4,8-10H2,1-2H3;4H,3H2,1-2H3/b7-6-,12-5+;. The molecular formula is C15H29N3O2. The molecular weight excluding hydrogens is 254 g/mol. The summed E-state index contributed by atoms with van der Waals surface area (Å²) in [4.78, 5) is 10.1. The van der Waals surface area contributed by atoms with Crippen LogP contribution in [-0.2, 0) is 0 Å². The van der Waals surface area contributed by atoms with Crippen molar-refractivity contribution >= 4 is 0 Å². The lowest BCUT2D eigenvalue weighted by molar-refractivity contribution is -0.419. The van der Waals surface area contributed by atoms with E-state index in [9.17, 15) is 10.1 Å². The van der Waals surface area contributed by atoms with Crippen LogP contribution in [0.3, 0.4) is 0 Å². The number of allylic oxidation sites excluding steroid dienone is 3. The van der Waals surface area contributed by atoms with E-state index in [4.69, 9.17) is 0 Å². The molecule has 0 aromatic carbocycles. The van der Waals surface area contributed by atoms with Gasteiger partial charge in [0.1, 0.15) is 0 Å². The third-order valence-electron chi connectivity index (χ3n) is 2.40. The van der Waals surface area contributed by atoms with Gasteiger partial charge in [-0.05, 0) is 52.5 Å². The molecule has 0 bridgehead atoms. The van der Waals surface area contributed by atoms with Crippen molar-refractivity contribution in [3.8, 4) is 0 Å². The number of nitrogens with zero attached hydrogens (tertiary/aromatic N) is 1. The van der Waals surface area contributed by atoms with Crippen molar-refractivity contribution in [3.63, 3.8) is 0 Å². The van der Waals surface area contributed by atoms with Crippen LogP contribution in [-0.4, -0.2) is 31.6 Å². The van der Waals surface area contributed by atoms with E-state index in [1.54, 1.807) is 13.0 Å². The van der Waals surface area contributed by atoms with Crippen molar-refractivity contribution in [2.45, 2.75) is 33.6 Å². The van der Waals surface area contributed by atoms with Crippen molar-refractivity contribution in [2.75, 3.05) is 26.7 Å². The van der Waals surface area contributed by atoms with Crippen LogP contribution in [0.25, 0.3) is 0 Å². The summed E-state index contributed by atoms with van der Waals surface area (Å²) in [6, 6.07) is 0. The first-order valence-corrected chi connectivity index (χ1v) is 7.05. The maximum absolute atomic E-state index is 10.5. The fourth-order valence-electron chi connectivity index (χ4n) is 1.10. The molecule has 0 aromatic rings. The summed E-state index contributed by atoms with van der Waals surface area (Å²) in [6.07, 6.45) is 6.57. The predicted molar refractivity (Wildman–Crippen MR) is 86.4 cm³/mol. The summed E-state index contributed by atoms with van der Waals surface area (Å²) in [6.45, 7) is 12.6. The Morgan fingerprint density at radius 1 is 1.30 bits per heavy atom. The van der Waals surface area contributed by atoms with Crippen LogP contribution in [0.2, 0.25) is 0 Å². The molecule has 0 radical (unpaired) electrons. The first kappa shape index (κ1) is 20.8. The second-order valence-corrected chi connectivity index (χ2v) is 4.17. The number of nitro groups is 1. The molecule has 0 fully saturated rings. The Bertz CT molecular complexity index is 321.